The van der Waals surface area contributed by atoms with E-state index in [0.717, 1.165) is 21.7 Å². The van der Waals surface area contributed by atoms with Gasteiger partial charge in [-0.25, -0.2) is 4.98 Å². The van der Waals surface area contributed by atoms with Crippen LogP contribution in [0.2, 0.25) is 0 Å². The van der Waals surface area contributed by atoms with Gasteiger partial charge >= 0.3 is 0 Å². The highest BCUT2D eigenvalue weighted by atomic mass is 32.1. The van der Waals surface area contributed by atoms with Crippen LogP contribution in [-0.4, -0.2) is 74.9 Å². The standard InChI is InChI=1S/C33H42N6O5S/c1-20(22-10-12-23(13-11-22)28-21(2)36-19-45-28)37-31(43)26-16-25(40)18-39(26)32(44)29(33(3,4)5)38-27(41)9-7-15-35-30(42)24-8-6-14-34-17-24/h6,8,10-14,17,19-20,25-26,29,40H,7,9,15-16,18H2,1-5H3,(H,35,42)(H,37,43)(H,38,41)/t20-,25+,26-,29+/m0/s1. The number of hydrogen-bond acceptors (Lipinski definition) is 8. The first kappa shape index (κ1) is 33.7. The molecule has 1 aromatic carbocycles. The summed E-state index contributed by atoms with van der Waals surface area (Å²) in [5, 5.41) is 19.1. The molecule has 1 aliphatic rings. The van der Waals surface area contributed by atoms with E-state index < -0.39 is 29.5 Å². The van der Waals surface area contributed by atoms with Gasteiger partial charge in [0.25, 0.3) is 5.91 Å². The van der Waals surface area contributed by atoms with Gasteiger partial charge in [0.1, 0.15) is 12.1 Å². The molecule has 0 bridgehead atoms. The molecular formula is C33H42N6O5S. The van der Waals surface area contributed by atoms with E-state index in [4.69, 9.17) is 0 Å². The van der Waals surface area contributed by atoms with Crippen molar-refractivity contribution in [3.63, 3.8) is 0 Å². The molecule has 0 radical (unpaired) electrons. The Morgan fingerprint density at radius 2 is 1.84 bits per heavy atom. The number of carbonyl (C=O) groups is 4. The zero-order chi connectivity index (χ0) is 32.7. The minimum absolute atomic E-state index is 0.00295. The highest BCUT2D eigenvalue weighted by Gasteiger charge is 2.44. The molecule has 0 aliphatic carbocycles. The predicted octanol–water partition coefficient (Wildman–Crippen LogP) is 3.39. The third-order valence-corrected chi connectivity index (χ3v) is 8.83. The fourth-order valence-corrected chi connectivity index (χ4v) is 6.11. The normalized spacial score (nSPS) is 17.8. The Balaban J connectivity index is 1.34. The molecule has 3 aromatic rings. The van der Waals surface area contributed by atoms with E-state index in [0.29, 0.717) is 12.0 Å². The Morgan fingerprint density at radius 3 is 2.47 bits per heavy atom. The number of benzene rings is 1. The Bertz CT molecular complexity index is 1490. The molecule has 3 heterocycles. The number of aryl methyl sites for hydroxylation is 1. The molecule has 4 amide bonds. The van der Waals surface area contributed by atoms with Gasteiger partial charge in [0.05, 0.1) is 33.8 Å². The second-order valence-electron chi connectivity index (χ2n) is 12.5. The maximum atomic E-state index is 13.9. The largest absolute Gasteiger partial charge is 0.391 e. The van der Waals surface area contributed by atoms with Crippen LogP contribution in [0.4, 0.5) is 0 Å². The van der Waals surface area contributed by atoms with Gasteiger partial charge in [0.15, 0.2) is 0 Å². The summed E-state index contributed by atoms with van der Waals surface area (Å²) in [6.45, 7) is 9.63. The molecule has 0 spiro atoms. The van der Waals surface area contributed by atoms with Gasteiger partial charge in [-0.2, -0.15) is 0 Å². The molecule has 1 aliphatic heterocycles. The first-order valence-corrected chi connectivity index (χ1v) is 16.0. The van der Waals surface area contributed by atoms with Crippen molar-refractivity contribution < 1.29 is 24.3 Å². The Morgan fingerprint density at radius 1 is 1.11 bits per heavy atom. The van der Waals surface area contributed by atoms with E-state index in [1.54, 1.807) is 29.7 Å². The molecular weight excluding hydrogens is 592 g/mol. The molecule has 11 nitrogen and oxygen atoms in total. The third kappa shape index (κ3) is 8.73. The van der Waals surface area contributed by atoms with Crippen molar-refractivity contribution in [3.05, 3.63) is 71.1 Å². The van der Waals surface area contributed by atoms with Crippen molar-refractivity contribution in [1.29, 1.82) is 0 Å². The molecule has 45 heavy (non-hydrogen) atoms. The summed E-state index contributed by atoms with van der Waals surface area (Å²) in [5.41, 5.74) is 4.50. The molecule has 2 aromatic heterocycles. The number of likely N-dealkylation sites (tertiary alicyclic amines) is 1. The molecule has 1 saturated heterocycles. The maximum absolute atomic E-state index is 13.9. The SMILES string of the molecule is Cc1ncsc1-c1ccc([C@H](C)NC(=O)[C@@H]2C[C@@H](O)CN2C(=O)[C@@H](NC(=O)CCCNC(=O)c2cccnc2)C(C)(C)C)cc1. The number of hydrogen-bond donors (Lipinski definition) is 4. The summed E-state index contributed by atoms with van der Waals surface area (Å²) < 4.78 is 0. The van der Waals surface area contributed by atoms with E-state index in [2.05, 4.69) is 25.9 Å². The van der Waals surface area contributed by atoms with Crippen molar-refractivity contribution in [2.45, 2.75) is 78.1 Å². The molecule has 0 unspecified atom stereocenters. The number of nitrogens with zero attached hydrogens (tertiary/aromatic N) is 3. The highest BCUT2D eigenvalue weighted by Crippen LogP contribution is 2.29. The van der Waals surface area contributed by atoms with E-state index >= 15 is 0 Å². The number of aromatic nitrogens is 2. The van der Waals surface area contributed by atoms with Gasteiger partial charge in [-0.15, -0.1) is 11.3 Å². The highest BCUT2D eigenvalue weighted by molar-refractivity contribution is 7.13. The smallest absolute Gasteiger partial charge is 0.252 e. The van der Waals surface area contributed by atoms with Crippen molar-refractivity contribution in [2.24, 2.45) is 5.41 Å². The zero-order valence-electron chi connectivity index (χ0n) is 26.4. The van der Waals surface area contributed by atoms with Gasteiger partial charge < -0.3 is 26.0 Å². The fourth-order valence-electron chi connectivity index (χ4n) is 5.30. The molecule has 4 N–H and O–H groups in total. The Labute approximate surface area is 267 Å². The van der Waals surface area contributed by atoms with Crippen molar-refractivity contribution in [2.75, 3.05) is 13.1 Å². The van der Waals surface area contributed by atoms with E-state index in [1.165, 1.54) is 11.1 Å². The number of β-amino-alcohol motifs (C(OH)–C–C–N with tert-alkyl or cyclic N) is 1. The summed E-state index contributed by atoms with van der Waals surface area (Å²) in [4.78, 5) is 63.1. The van der Waals surface area contributed by atoms with Gasteiger partial charge in [-0.05, 0) is 48.9 Å². The molecule has 0 saturated carbocycles. The molecule has 240 valence electrons. The number of pyridine rings is 1. The van der Waals surface area contributed by atoms with Crippen LogP contribution in [0.3, 0.4) is 0 Å². The molecule has 4 atom stereocenters. The number of rotatable bonds is 11. The van der Waals surface area contributed by atoms with Gasteiger partial charge in [-0.1, -0.05) is 45.0 Å². The van der Waals surface area contributed by atoms with Crippen LogP contribution in [0.25, 0.3) is 10.4 Å². The van der Waals surface area contributed by atoms with Gasteiger partial charge in [0, 0.05) is 38.3 Å². The lowest BCUT2D eigenvalue weighted by molar-refractivity contribution is -0.144. The van der Waals surface area contributed by atoms with Crippen LogP contribution in [-0.2, 0) is 14.4 Å². The Kier molecular flexibility index (Phi) is 11.1. The van der Waals surface area contributed by atoms with Crippen LogP contribution in [0.1, 0.15) is 74.6 Å². The van der Waals surface area contributed by atoms with E-state index in [1.807, 2.05) is 64.4 Å². The lowest BCUT2D eigenvalue weighted by Crippen LogP contribution is -2.57. The zero-order valence-corrected chi connectivity index (χ0v) is 27.2. The van der Waals surface area contributed by atoms with Crippen molar-refractivity contribution in [1.82, 2.24) is 30.8 Å². The molecule has 1 fully saturated rings. The summed E-state index contributed by atoms with van der Waals surface area (Å²) >= 11 is 1.57. The number of thiazole rings is 1. The van der Waals surface area contributed by atoms with Crippen molar-refractivity contribution in [3.8, 4) is 10.4 Å². The second kappa shape index (κ2) is 14.7. The monoisotopic (exact) mass is 634 g/mol. The van der Waals surface area contributed by atoms with Crippen LogP contribution in [0.15, 0.2) is 54.3 Å². The summed E-state index contributed by atoms with van der Waals surface area (Å²) in [7, 11) is 0. The maximum Gasteiger partial charge on any atom is 0.252 e. The number of aliphatic hydroxyl groups excluding tert-OH is 1. The minimum Gasteiger partial charge on any atom is -0.391 e. The van der Waals surface area contributed by atoms with Gasteiger partial charge in [-0.3, -0.25) is 24.2 Å². The second-order valence-corrected chi connectivity index (χ2v) is 13.3. The predicted molar refractivity (Wildman–Crippen MR) is 172 cm³/mol. The first-order valence-electron chi connectivity index (χ1n) is 15.1. The summed E-state index contributed by atoms with van der Waals surface area (Å²) in [5.74, 6) is -1.40. The quantitative estimate of drug-likeness (QED) is 0.236. The van der Waals surface area contributed by atoms with Gasteiger partial charge in [0.2, 0.25) is 17.7 Å². The number of aliphatic hydroxyl groups is 1. The average Bonchev–Trinajstić information content (AvgIpc) is 3.62. The minimum atomic E-state index is -0.921. The van der Waals surface area contributed by atoms with Crippen LogP contribution >= 0.6 is 11.3 Å². The lowest BCUT2D eigenvalue weighted by atomic mass is 9.85. The third-order valence-electron chi connectivity index (χ3n) is 7.85. The van der Waals surface area contributed by atoms with Crippen LogP contribution in [0.5, 0.6) is 0 Å². The Hall–Kier alpha value is -4.16. The average molecular weight is 635 g/mol. The first-order chi connectivity index (χ1) is 21.3. The fraction of sp³-hybridized carbons (Fsp3) is 0.455. The topological polar surface area (TPSA) is 154 Å². The summed E-state index contributed by atoms with van der Waals surface area (Å²) in [6.07, 6.45) is 2.76. The van der Waals surface area contributed by atoms with Crippen LogP contribution < -0.4 is 16.0 Å². The van der Waals surface area contributed by atoms with Crippen LogP contribution in [0, 0.1) is 12.3 Å². The lowest BCUT2D eigenvalue weighted by Gasteiger charge is -2.35. The number of amides is 4. The van der Waals surface area contributed by atoms with Crippen molar-refractivity contribution >= 4 is 35.0 Å². The number of carbonyl (C=O) groups excluding carboxylic acids is 4. The number of nitrogens with one attached hydrogen (secondary N) is 3. The van der Waals surface area contributed by atoms with E-state index in [9.17, 15) is 24.3 Å². The molecule has 12 heteroatoms. The van der Waals surface area contributed by atoms with E-state index in [-0.39, 0.29) is 49.7 Å². The molecule has 4 rings (SSSR count). The summed E-state index contributed by atoms with van der Waals surface area (Å²) in [6, 6.07) is 9.11.